The van der Waals surface area contributed by atoms with Gasteiger partial charge in [-0.05, 0) is 66.6 Å². The third-order valence-corrected chi connectivity index (χ3v) is 8.09. The molecule has 1 saturated heterocycles. The van der Waals surface area contributed by atoms with Crippen LogP contribution in [-0.4, -0.2) is 65.2 Å². The molecule has 15 heteroatoms. The van der Waals surface area contributed by atoms with Crippen molar-refractivity contribution >= 4 is 35.4 Å². The first-order chi connectivity index (χ1) is 23.9. The fraction of sp³-hybridized carbons (Fsp3) is 0.314. The molecule has 1 aliphatic rings. The van der Waals surface area contributed by atoms with Crippen LogP contribution in [0.4, 0.5) is 4.39 Å². The lowest BCUT2D eigenvalue weighted by atomic mass is 10.0. The summed E-state index contributed by atoms with van der Waals surface area (Å²) in [6.45, 7) is 0.145. The Kier molecular flexibility index (Phi) is 13.0. The summed E-state index contributed by atoms with van der Waals surface area (Å²) in [6.07, 6.45) is 0.393. The van der Waals surface area contributed by atoms with E-state index in [4.69, 9.17) is 11.5 Å². The smallest absolute Gasteiger partial charge is 0.248 e. The second-order valence-electron chi connectivity index (χ2n) is 11.9. The van der Waals surface area contributed by atoms with Crippen LogP contribution in [-0.2, 0) is 35.2 Å². The van der Waals surface area contributed by atoms with Crippen LogP contribution >= 0.6 is 0 Å². The molecule has 264 valence electrons. The lowest BCUT2D eigenvalue weighted by molar-refractivity contribution is -0.135. The molecule has 1 aliphatic heterocycles. The molecule has 10 N–H and O–H groups in total. The summed E-state index contributed by atoms with van der Waals surface area (Å²) >= 11 is 0. The van der Waals surface area contributed by atoms with Crippen LogP contribution in [0.15, 0.2) is 78.9 Å². The molecular weight excluding hydrogens is 649 g/mol. The maximum Gasteiger partial charge on any atom is 0.248 e. The van der Waals surface area contributed by atoms with Gasteiger partial charge in [0, 0.05) is 6.54 Å². The maximum atomic E-state index is 14.0. The van der Waals surface area contributed by atoms with Crippen LogP contribution in [0, 0.1) is 5.82 Å². The van der Waals surface area contributed by atoms with Gasteiger partial charge in [0.25, 0.3) is 0 Å². The van der Waals surface area contributed by atoms with E-state index in [1.165, 1.54) is 24.3 Å². The Bertz CT molecular complexity index is 1670. The molecule has 0 unspecified atom stereocenters. The zero-order chi connectivity index (χ0) is 36.2. The zero-order valence-electron chi connectivity index (χ0n) is 27.1. The van der Waals surface area contributed by atoms with Gasteiger partial charge >= 0.3 is 0 Å². The summed E-state index contributed by atoms with van der Waals surface area (Å²) in [5.41, 5.74) is 12.8. The molecule has 3 aromatic carbocycles. The number of carbonyl (C=O) groups excluding carboxylic acids is 6. The molecular formula is C35H40FN7O7. The van der Waals surface area contributed by atoms with Crippen LogP contribution in [0.25, 0.3) is 0 Å². The highest BCUT2D eigenvalue weighted by Crippen LogP contribution is 2.20. The molecule has 5 atom stereocenters. The number of phenolic OH excluding ortho intramolecular Hbond substituents is 1. The number of benzene rings is 3. The van der Waals surface area contributed by atoms with Gasteiger partial charge in [-0.3, -0.25) is 28.8 Å². The Morgan fingerprint density at radius 2 is 1.42 bits per heavy atom. The number of phenols is 1. The Balaban J connectivity index is 1.66. The van der Waals surface area contributed by atoms with Gasteiger partial charge in [0.15, 0.2) is 0 Å². The van der Waals surface area contributed by atoms with E-state index in [-0.39, 0.29) is 30.7 Å². The maximum absolute atomic E-state index is 14.0. The van der Waals surface area contributed by atoms with E-state index in [0.29, 0.717) is 24.0 Å². The van der Waals surface area contributed by atoms with Gasteiger partial charge < -0.3 is 43.2 Å². The van der Waals surface area contributed by atoms with E-state index in [0.717, 1.165) is 12.1 Å². The van der Waals surface area contributed by atoms with E-state index in [9.17, 15) is 38.3 Å². The quantitative estimate of drug-likeness (QED) is 0.171. The number of hydrogen-bond donors (Lipinski definition) is 8. The average Bonchev–Trinajstić information content (AvgIpc) is 3.09. The molecule has 1 fully saturated rings. The molecule has 0 saturated carbocycles. The molecule has 0 aromatic heterocycles. The van der Waals surface area contributed by atoms with Crippen molar-refractivity contribution < 1.29 is 38.3 Å². The SMILES string of the molecule is NC(=O)[C@@H]1CC(=O)NCCCC[C@@H](NC(=O)[C@@H](N)Cc2ccc(O)cc2)C(=O)N[C@@H](c2ccc(F)cc2)C(=O)N[C@@H](c2ccccc2)C(=O)N1. The molecule has 3 aromatic rings. The van der Waals surface area contributed by atoms with Gasteiger partial charge in [-0.2, -0.15) is 0 Å². The van der Waals surface area contributed by atoms with Gasteiger partial charge in [-0.15, -0.1) is 0 Å². The van der Waals surface area contributed by atoms with Gasteiger partial charge in [0.2, 0.25) is 35.4 Å². The number of carbonyl (C=O) groups is 6. The summed E-state index contributed by atoms with van der Waals surface area (Å²) in [5.74, 6) is -5.24. The summed E-state index contributed by atoms with van der Waals surface area (Å²) in [5, 5.41) is 22.5. The Morgan fingerprint density at radius 3 is 2.06 bits per heavy atom. The van der Waals surface area contributed by atoms with Crippen molar-refractivity contribution in [2.24, 2.45) is 11.5 Å². The second kappa shape index (κ2) is 17.5. The van der Waals surface area contributed by atoms with Crippen LogP contribution < -0.4 is 38.1 Å². The molecule has 0 bridgehead atoms. The average molecular weight is 690 g/mol. The Morgan fingerprint density at radius 1 is 0.820 bits per heavy atom. The van der Waals surface area contributed by atoms with Gasteiger partial charge in [0.1, 0.15) is 35.7 Å². The van der Waals surface area contributed by atoms with Crippen molar-refractivity contribution in [3.8, 4) is 5.75 Å². The van der Waals surface area contributed by atoms with Crippen molar-refractivity contribution in [2.75, 3.05) is 6.54 Å². The van der Waals surface area contributed by atoms with E-state index in [1.807, 2.05) is 0 Å². The van der Waals surface area contributed by atoms with E-state index >= 15 is 0 Å². The molecule has 0 spiro atoms. The summed E-state index contributed by atoms with van der Waals surface area (Å²) in [6, 6.07) is 12.4. The van der Waals surface area contributed by atoms with Crippen LogP contribution in [0.1, 0.15) is 54.5 Å². The Hall–Kier alpha value is -5.83. The van der Waals surface area contributed by atoms with Crippen molar-refractivity contribution in [3.05, 3.63) is 101 Å². The van der Waals surface area contributed by atoms with Gasteiger partial charge in [-0.25, -0.2) is 4.39 Å². The lowest BCUT2D eigenvalue weighted by Gasteiger charge is -2.27. The molecule has 14 nitrogen and oxygen atoms in total. The lowest BCUT2D eigenvalue weighted by Crippen LogP contribution is -2.54. The van der Waals surface area contributed by atoms with Gasteiger partial charge in [0.05, 0.1) is 12.5 Å². The first-order valence-corrected chi connectivity index (χ1v) is 16.0. The van der Waals surface area contributed by atoms with Crippen LogP contribution in [0.5, 0.6) is 5.75 Å². The minimum Gasteiger partial charge on any atom is -0.508 e. The normalized spacial score (nSPS) is 21.7. The van der Waals surface area contributed by atoms with E-state index < -0.39 is 77.9 Å². The number of nitrogens with one attached hydrogen (secondary N) is 5. The zero-order valence-corrected chi connectivity index (χ0v) is 27.1. The first kappa shape index (κ1) is 37.0. The molecule has 1 heterocycles. The number of hydrogen-bond acceptors (Lipinski definition) is 8. The molecule has 0 radical (unpaired) electrons. The highest BCUT2D eigenvalue weighted by molar-refractivity contribution is 5.97. The second-order valence-corrected chi connectivity index (χ2v) is 11.9. The van der Waals surface area contributed by atoms with Crippen LogP contribution in [0.2, 0.25) is 0 Å². The highest BCUT2D eigenvalue weighted by atomic mass is 19.1. The minimum absolute atomic E-state index is 0.0458. The van der Waals surface area contributed by atoms with Crippen molar-refractivity contribution in [2.45, 2.75) is 62.3 Å². The van der Waals surface area contributed by atoms with Crippen molar-refractivity contribution in [3.63, 3.8) is 0 Å². The largest absolute Gasteiger partial charge is 0.508 e. The first-order valence-electron chi connectivity index (χ1n) is 16.0. The number of amides is 6. The van der Waals surface area contributed by atoms with Gasteiger partial charge in [-0.1, -0.05) is 54.6 Å². The predicted octanol–water partition coefficient (Wildman–Crippen LogP) is 0.261. The summed E-state index contributed by atoms with van der Waals surface area (Å²) in [4.78, 5) is 79.5. The monoisotopic (exact) mass is 689 g/mol. The number of halogens is 1. The third kappa shape index (κ3) is 10.6. The summed E-state index contributed by atoms with van der Waals surface area (Å²) < 4.78 is 13.9. The number of aromatic hydroxyl groups is 1. The standard InChI is InChI=1S/C35H40FN7O7/c36-23-13-11-22(12-14-23)30-35(50)43-29(21-6-2-1-3-7-21)34(49)41-27(31(38)46)19-28(45)39-17-5-4-8-26(33(48)42-30)40-32(47)25(37)18-20-9-15-24(44)16-10-20/h1-3,6-7,9-16,25-27,29-30,44H,4-5,8,17-19,37H2,(H2,38,46)(H,39,45)(H,40,47)(H,41,49)(H,42,48)(H,43,50)/t25-,26+,27-,29-,30-/m0/s1. The minimum atomic E-state index is -1.47. The Labute approximate surface area is 287 Å². The fourth-order valence-corrected chi connectivity index (χ4v) is 5.33. The van der Waals surface area contributed by atoms with E-state index in [1.54, 1.807) is 42.5 Å². The number of nitrogens with two attached hydrogens (primary N) is 2. The molecule has 6 amide bonds. The number of primary amides is 1. The highest BCUT2D eigenvalue weighted by Gasteiger charge is 2.33. The van der Waals surface area contributed by atoms with Crippen molar-refractivity contribution in [1.29, 1.82) is 0 Å². The molecule has 50 heavy (non-hydrogen) atoms. The van der Waals surface area contributed by atoms with E-state index in [2.05, 4.69) is 26.6 Å². The third-order valence-electron chi connectivity index (χ3n) is 8.09. The van der Waals surface area contributed by atoms with Crippen molar-refractivity contribution in [1.82, 2.24) is 26.6 Å². The fourth-order valence-electron chi connectivity index (χ4n) is 5.33. The topological polar surface area (TPSA) is 235 Å². The molecule has 4 rings (SSSR count). The van der Waals surface area contributed by atoms with Crippen LogP contribution in [0.3, 0.4) is 0 Å². The number of rotatable bonds is 7. The predicted molar refractivity (Wildman–Crippen MR) is 179 cm³/mol. The summed E-state index contributed by atoms with van der Waals surface area (Å²) in [7, 11) is 0. The molecule has 0 aliphatic carbocycles.